The predicted octanol–water partition coefficient (Wildman–Crippen LogP) is 3.58. The highest BCUT2D eigenvalue weighted by molar-refractivity contribution is 5.78. The van der Waals surface area contributed by atoms with Crippen molar-refractivity contribution in [2.75, 3.05) is 6.54 Å². The van der Waals surface area contributed by atoms with Crippen LogP contribution < -0.4 is 11.1 Å². The van der Waals surface area contributed by atoms with Crippen LogP contribution in [-0.4, -0.2) is 24.8 Å². The van der Waals surface area contributed by atoms with Crippen LogP contribution in [0.5, 0.6) is 0 Å². The molecule has 0 aliphatic carbocycles. The first-order valence-corrected chi connectivity index (χ1v) is 9.00. The predicted molar refractivity (Wildman–Crippen MR) is 92.7 cm³/mol. The molecule has 3 N–H and O–H groups in total. The van der Waals surface area contributed by atoms with Gasteiger partial charge in [-0.2, -0.15) is 0 Å². The number of carbonyl (C=O) groups is 2. The summed E-state index contributed by atoms with van der Waals surface area (Å²) in [4.78, 5) is 21.9. The molecule has 4 heteroatoms. The Balaban J connectivity index is 4.46. The van der Waals surface area contributed by atoms with E-state index in [1.807, 2.05) is 0 Å². The molecule has 4 nitrogen and oxygen atoms in total. The highest BCUT2D eigenvalue weighted by atomic mass is 16.1. The minimum atomic E-state index is -0.436. The first kappa shape index (κ1) is 21.1. The van der Waals surface area contributed by atoms with Crippen molar-refractivity contribution in [2.24, 2.45) is 11.1 Å². The van der Waals surface area contributed by atoms with Crippen LogP contribution in [-0.2, 0) is 9.59 Å². The van der Waals surface area contributed by atoms with E-state index in [1.54, 1.807) is 0 Å². The number of aldehydes is 1. The van der Waals surface area contributed by atoms with Crippen molar-refractivity contribution in [3.8, 4) is 0 Å². The van der Waals surface area contributed by atoms with Crippen molar-refractivity contribution in [2.45, 2.75) is 91.0 Å². The number of hydrogen-bond donors (Lipinski definition) is 2. The van der Waals surface area contributed by atoms with Gasteiger partial charge in [-0.25, -0.2) is 0 Å². The van der Waals surface area contributed by atoms with Gasteiger partial charge in [0, 0.05) is 6.42 Å². The molecule has 0 saturated heterocycles. The van der Waals surface area contributed by atoms with Crippen molar-refractivity contribution in [1.29, 1.82) is 0 Å². The molecule has 0 rings (SSSR count). The average Bonchev–Trinajstić information content (AvgIpc) is 2.51. The fraction of sp³-hybridized carbons (Fsp3) is 0.889. The van der Waals surface area contributed by atoms with Crippen LogP contribution >= 0.6 is 0 Å². The molecule has 0 fully saturated rings. The van der Waals surface area contributed by atoms with E-state index in [-0.39, 0.29) is 6.42 Å². The molecule has 0 aliphatic heterocycles. The van der Waals surface area contributed by atoms with Crippen molar-refractivity contribution in [3.63, 3.8) is 0 Å². The van der Waals surface area contributed by atoms with Gasteiger partial charge in [0.15, 0.2) is 0 Å². The van der Waals surface area contributed by atoms with Crippen LogP contribution in [0, 0.1) is 5.41 Å². The van der Waals surface area contributed by atoms with E-state index < -0.39 is 11.9 Å². The summed E-state index contributed by atoms with van der Waals surface area (Å²) in [6, 6.07) is -0.436. The Morgan fingerprint density at radius 3 is 2.23 bits per heavy atom. The number of unbranched alkanes of at least 4 members (excludes halogenated alkanes) is 3. The summed E-state index contributed by atoms with van der Waals surface area (Å²) in [5.41, 5.74) is 5.53. The summed E-state index contributed by atoms with van der Waals surface area (Å²) in [5, 5.41) is 3.19. The molecule has 0 saturated carbocycles. The molecule has 0 aromatic carbocycles. The van der Waals surface area contributed by atoms with E-state index in [0.29, 0.717) is 5.41 Å². The topological polar surface area (TPSA) is 72.2 Å². The van der Waals surface area contributed by atoms with Gasteiger partial charge in [0.25, 0.3) is 0 Å². The molecule has 22 heavy (non-hydrogen) atoms. The highest BCUT2D eigenvalue weighted by Gasteiger charge is 2.26. The second kappa shape index (κ2) is 12.6. The smallest absolute Gasteiger partial charge is 0.219 e. The molecule has 0 aromatic rings. The van der Waals surface area contributed by atoms with Crippen molar-refractivity contribution >= 4 is 12.2 Å². The summed E-state index contributed by atoms with van der Waals surface area (Å²) in [6.45, 7) is 7.53. The van der Waals surface area contributed by atoms with Crippen LogP contribution in [0.1, 0.15) is 85.0 Å². The lowest BCUT2D eigenvalue weighted by Gasteiger charge is -2.34. The molecule has 0 radical (unpaired) electrons. The SMILES string of the molecule is CCCCCC(CC)(CCCC)CCN[C@@H](C=O)CC(N)=O. The van der Waals surface area contributed by atoms with Crippen LogP contribution in [0.3, 0.4) is 0 Å². The molecular weight excluding hydrogens is 276 g/mol. The van der Waals surface area contributed by atoms with E-state index in [2.05, 4.69) is 26.1 Å². The Kier molecular flexibility index (Phi) is 12.1. The Morgan fingerprint density at radius 2 is 1.73 bits per heavy atom. The summed E-state index contributed by atoms with van der Waals surface area (Å²) in [5.74, 6) is -0.430. The van der Waals surface area contributed by atoms with E-state index in [1.165, 1.54) is 51.4 Å². The van der Waals surface area contributed by atoms with Gasteiger partial charge in [-0.05, 0) is 31.2 Å². The lowest BCUT2D eigenvalue weighted by atomic mass is 9.73. The zero-order valence-electron chi connectivity index (χ0n) is 14.8. The molecular formula is C18H36N2O2. The molecule has 130 valence electrons. The normalized spacial score (nSPS) is 15.2. The first-order chi connectivity index (χ1) is 10.5. The van der Waals surface area contributed by atoms with Crippen LogP contribution in [0.2, 0.25) is 0 Å². The van der Waals surface area contributed by atoms with Gasteiger partial charge >= 0.3 is 0 Å². The maximum absolute atomic E-state index is 11.0. The molecule has 0 bridgehead atoms. The number of primary amides is 1. The second-order valence-electron chi connectivity index (χ2n) is 6.53. The molecule has 0 spiro atoms. The number of nitrogens with two attached hydrogens (primary N) is 1. The van der Waals surface area contributed by atoms with E-state index in [9.17, 15) is 9.59 Å². The fourth-order valence-electron chi connectivity index (χ4n) is 3.11. The fourth-order valence-corrected chi connectivity index (χ4v) is 3.11. The zero-order valence-corrected chi connectivity index (χ0v) is 14.8. The number of amides is 1. The largest absolute Gasteiger partial charge is 0.370 e. The third-order valence-corrected chi connectivity index (χ3v) is 4.77. The number of rotatable bonds is 15. The van der Waals surface area contributed by atoms with Gasteiger partial charge in [0.1, 0.15) is 6.29 Å². The van der Waals surface area contributed by atoms with Crippen LogP contribution in [0.15, 0.2) is 0 Å². The summed E-state index contributed by atoms with van der Waals surface area (Å²) >= 11 is 0. The highest BCUT2D eigenvalue weighted by Crippen LogP contribution is 2.38. The minimum Gasteiger partial charge on any atom is -0.370 e. The summed E-state index contributed by atoms with van der Waals surface area (Å²) < 4.78 is 0. The zero-order chi connectivity index (χ0) is 16.8. The molecule has 1 unspecified atom stereocenters. The maximum atomic E-state index is 11.0. The summed E-state index contributed by atoms with van der Waals surface area (Å²) in [7, 11) is 0. The number of carbonyl (C=O) groups excluding carboxylic acids is 2. The molecule has 0 heterocycles. The van der Waals surface area contributed by atoms with Crippen molar-refractivity contribution in [1.82, 2.24) is 5.32 Å². The van der Waals surface area contributed by atoms with Crippen molar-refractivity contribution < 1.29 is 9.59 Å². The lowest BCUT2D eigenvalue weighted by Crippen LogP contribution is -2.37. The van der Waals surface area contributed by atoms with Crippen LogP contribution in [0.25, 0.3) is 0 Å². The van der Waals surface area contributed by atoms with E-state index >= 15 is 0 Å². The number of hydrogen-bond acceptors (Lipinski definition) is 3. The Bertz CT molecular complexity index is 307. The van der Waals surface area contributed by atoms with Crippen LogP contribution in [0.4, 0.5) is 0 Å². The Labute approximate surface area is 136 Å². The number of nitrogens with one attached hydrogen (secondary N) is 1. The minimum absolute atomic E-state index is 0.0907. The average molecular weight is 312 g/mol. The van der Waals surface area contributed by atoms with Crippen molar-refractivity contribution in [3.05, 3.63) is 0 Å². The molecule has 0 aliphatic rings. The maximum Gasteiger partial charge on any atom is 0.219 e. The standard InChI is InChI=1S/C18H36N2O2/c1-4-7-9-11-18(6-3,10-8-5-2)12-13-20-16(15-21)14-17(19)22/h15-16,20H,4-14H2,1-3H3,(H2,19,22)/t16-,18?/m1/s1. The lowest BCUT2D eigenvalue weighted by molar-refractivity contribution is -0.120. The van der Waals surface area contributed by atoms with Gasteiger partial charge in [-0.1, -0.05) is 59.3 Å². The second-order valence-corrected chi connectivity index (χ2v) is 6.53. The van der Waals surface area contributed by atoms with E-state index in [4.69, 9.17) is 5.73 Å². The molecule has 1 amide bonds. The third kappa shape index (κ3) is 9.19. The first-order valence-electron chi connectivity index (χ1n) is 9.00. The summed E-state index contributed by atoms with van der Waals surface area (Å²) in [6.07, 6.45) is 12.0. The Morgan fingerprint density at radius 1 is 1.09 bits per heavy atom. The van der Waals surface area contributed by atoms with Gasteiger partial charge in [0.2, 0.25) is 5.91 Å². The van der Waals surface area contributed by atoms with Gasteiger partial charge in [0.05, 0.1) is 6.04 Å². The van der Waals surface area contributed by atoms with Gasteiger partial charge in [-0.15, -0.1) is 0 Å². The Hall–Kier alpha value is -0.900. The van der Waals surface area contributed by atoms with E-state index in [0.717, 1.165) is 19.3 Å². The monoisotopic (exact) mass is 312 g/mol. The van der Waals surface area contributed by atoms with Gasteiger partial charge in [-0.3, -0.25) is 4.79 Å². The third-order valence-electron chi connectivity index (χ3n) is 4.77. The molecule has 2 atom stereocenters. The van der Waals surface area contributed by atoms with Gasteiger partial charge < -0.3 is 15.8 Å². The quantitative estimate of drug-likeness (QED) is 0.358. The molecule has 0 aromatic heterocycles.